The highest BCUT2D eigenvalue weighted by Gasteiger charge is 2.31. The molecule has 0 amide bonds. The molecule has 1 saturated carbocycles. The van der Waals surface area contributed by atoms with Gasteiger partial charge in [-0.15, -0.1) is 0 Å². The fourth-order valence-electron chi connectivity index (χ4n) is 4.67. The van der Waals surface area contributed by atoms with Crippen LogP contribution in [0.25, 0.3) is 0 Å². The number of aryl methyl sites for hydroxylation is 1. The predicted molar refractivity (Wildman–Crippen MR) is 117 cm³/mol. The average molecular weight is 442 g/mol. The minimum atomic E-state index is -4.45. The van der Waals surface area contributed by atoms with Gasteiger partial charge in [0.1, 0.15) is 0 Å². The van der Waals surface area contributed by atoms with Crippen LogP contribution in [0.2, 0.25) is 0 Å². The number of halogens is 3. The van der Waals surface area contributed by atoms with Crippen LogP contribution in [0.4, 0.5) is 13.2 Å². The average Bonchev–Trinajstić information content (AvgIpc) is 2.76. The first-order valence-electron chi connectivity index (χ1n) is 10.8. The molecule has 2 N–H and O–H groups in total. The van der Waals surface area contributed by atoms with E-state index in [0.717, 1.165) is 37.8 Å². The molecule has 0 atom stereocenters. The van der Waals surface area contributed by atoms with Gasteiger partial charge in [-0.3, -0.25) is 9.78 Å². The summed E-state index contributed by atoms with van der Waals surface area (Å²) >= 11 is 0. The van der Waals surface area contributed by atoms with Crippen molar-refractivity contribution in [3.8, 4) is 0 Å². The highest BCUT2D eigenvalue weighted by atomic mass is 19.4. The van der Waals surface area contributed by atoms with E-state index < -0.39 is 23.0 Å². The first-order chi connectivity index (χ1) is 15.2. The van der Waals surface area contributed by atoms with Gasteiger partial charge in [0.25, 0.3) is 5.56 Å². The minimum Gasteiger partial charge on any atom is -0.311 e. The van der Waals surface area contributed by atoms with Gasteiger partial charge in [0.05, 0.1) is 5.56 Å². The summed E-state index contributed by atoms with van der Waals surface area (Å²) in [6.45, 7) is 2.05. The summed E-state index contributed by atoms with van der Waals surface area (Å²) in [5, 5.41) is 0. The molecule has 0 radical (unpaired) electrons. The Morgan fingerprint density at radius 2 is 1.56 bits per heavy atom. The SMILES string of the molecule is Cc1ccc([C@H]2CC[C@H](c3[nH]c(=O)[nH]c(=O)c3Cc3cccc(C(F)(F)F)c3)CC2)cc1. The third kappa shape index (κ3) is 4.87. The molecule has 2 aromatic carbocycles. The largest absolute Gasteiger partial charge is 0.416 e. The van der Waals surface area contributed by atoms with Crippen molar-refractivity contribution in [2.24, 2.45) is 0 Å². The van der Waals surface area contributed by atoms with Crippen LogP contribution in [0.5, 0.6) is 0 Å². The second-order valence-electron chi connectivity index (χ2n) is 8.63. The maximum atomic E-state index is 13.1. The van der Waals surface area contributed by atoms with E-state index in [-0.39, 0.29) is 12.3 Å². The zero-order chi connectivity index (χ0) is 22.9. The third-order valence-corrected chi connectivity index (χ3v) is 6.39. The van der Waals surface area contributed by atoms with Gasteiger partial charge in [-0.25, -0.2) is 4.79 Å². The molecule has 1 heterocycles. The molecular formula is C25H25F3N2O2. The second-order valence-corrected chi connectivity index (χ2v) is 8.63. The highest BCUT2D eigenvalue weighted by molar-refractivity contribution is 5.33. The van der Waals surface area contributed by atoms with Crippen LogP contribution >= 0.6 is 0 Å². The van der Waals surface area contributed by atoms with Crippen molar-refractivity contribution in [1.29, 1.82) is 0 Å². The molecule has 3 aromatic rings. The van der Waals surface area contributed by atoms with E-state index in [1.54, 1.807) is 6.07 Å². The van der Waals surface area contributed by atoms with Crippen molar-refractivity contribution in [1.82, 2.24) is 9.97 Å². The number of benzene rings is 2. The number of rotatable bonds is 4. The molecule has 4 rings (SSSR count). The third-order valence-electron chi connectivity index (χ3n) is 6.39. The molecule has 0 unspecified atom stereocenters. The van der Waals surface area contributed by atoms with Crippen molar-refractivity contribution in [2.75, 3.05) is 0 Å². The lowest BCUT2D eigenvalue weighted by molar-refractivity contribution is -0.137. The number of H-pyrrole nitrogens is 2. The summed E-state index contributed by atoms with van der Waals surface area (Å²) in [5.74, 6) is 0.417. The minimum absolute atomic E-state index is 0.00695. The van der Waals surface area contributed by atoms with Gasteiger partial charge < -0.3 is 4.98 Å². The number of aromatic amines is 2. The maximum Gasteiger partial charge on any atom is 0.416 e. The number of aromatic nitrogens is 2. The van der Waals surface area contributed by atoms with Crippen molar-refractivity contribution in [3.63, 3.8) is 0 Å². The maximum absolute atomic E-state index is 13.1. The fraction of sp³-hybridized carbons (Fsp3) is 0.360. The Balaban J connectivity index is 1.58. The summed E-state index contributed by atoms with van der Waals surface area (Å²) in [5.41, 5.74) is 1.89. The van der Waals surface area contributed by atoms with Crippen LogP contribution in [0.3, 0.4) is 0 Å². The van der Waals surface area contributed by atoms with E-state index >= 15 is 0 Å². The van der Waals surface area contributed by atoms with Crippen LogP contribution in [-0.2, 0) is 12.6 Å². The van der Waals surface area contributed by atoms with Gasteiger partial charge in [0.15, 0.2) is 0 Å². The highest BCUT2D eigenvalue weighted by Crippen LogP contribution is 2.40. The quantitative estimate of drug-likeness (QED) is 0.566. The van der Waals surface area contributed by atoms with Gasteiger partial charge in [-0.2, -0.15) is 13.2 Å². The lowest BCUT2D eigenvalue weighted by Gasteiger charge is -2.29. The topological polar surface area (TPSA) is 65.7 Å². The summed E-state index contributed by atoms with van der Waals surface area (Å²) in [4.78, 5) is 29.6. The van der Waals surface area contributed by atoms with Crippen molar-refractivity contribution in [3.05, 3.63) is 103 Å². The van der Waals surface area contributed by atoms with Crippen LogP contribution in [0.1, 0.15) is 71.0 Å². The molecule has 1 aliphatic carbocycles. The molecule has 7 heteroatoms. The summed E-state index contributed by atoms with van der Waals surface area (Å²) in [7, 11) is 0. The Labute approximate surface area is 183 Å². The standard InChI is InChI=1S/C25H25F3N2O2/c1-15-5-7-17(8-6-15)18-9-11-19(12-10-18)22-21(23(31)30-24(32)29-22)14-16-3-2-4-20(13-16)25(26,27)28/h2-8,13,18-19H,9-12,14H2,1H3,(H2,29,30,31,32)/t18-,19-. The van der Waals surface area contributed by atoms with Gasteiger partial charge in [0, 0.05) is 17.7 Å². The molecule has 32 heavy (non-hydrogen) atoms. The van der Waals surface area contributed by atoms with Crippen molar-refractivity contribution >= 4 is 0 Å². The molecule has 1 aliphatic rings. The zero-order valence-electron chi connectivity index (χ0n) is 17.8. The molecule has 0 bridgehead atoms. The molecular weight excluding hydrogens is 417 g/mol. The number of alkyl halides is 3. The Morgan fingerprint density at radius 1 is 0.906 bits per heavy atom. The van der Waals surface area contributed by atoms with Crippen LogP contribution < -0.4 is 11.2 Å². The molecule has 0 spiro atoms. The van der Waals surface area contributed by atoms with E-state index in [1.165, 1.54) is 17.2 Å². The Morgan fingerprint density at radius 3 is 2.22 bits per heavy atom. The lowest BCUT2D eigenvalue weighted by atomic mass is 9.76. The van der Waals surface area contributed by atoms with Crippen molar-refractivity contribution < 1.29 is 13.2 Å². The molecule has 0 saturated heterocycles. The molecule has 1 fully saturated rings. The van der Waals surface area contributed by atoms with E-state index in [0.29, 0.717) is 22.7 Å². The first-order valence-corrected chi connectivity index (χ1v) is 10.8. The molecule has 4 nitrogen and oxygen atoms in total. The summed E-state index contributed by atoms with van der Waals surface area (Å²) < 4.78 is 39.3. The number of hydrogen-bond acceptors (Lipinski definition) is 2. The van der Waals surface area contributed by atoms with Crippen LogP contribution in [-0.4, -0.2) is 9.97 Å². The number of hydrogen-bond donors (Lipinski definition) is 2. The van der Waals surface area contributed by atoms with Gasteiger partial charge in [0.2, 0.25) is 0 Å². The van der Waals surface area contributed by atoms with E-state index in [4.69, 9.17) is 0 Å². The lowest BCUT2D eigenvalue weighted by Crippen LogP contribution is -2.30. The van der Waals surface area contributed by atoms with Gasteiger partial charge in [-0.1, -0.05) is 48.0 Å². The smallest absolute Gasteiger partial charge is 0.311 e. The van der Waals surface area contributed by atoms with Crippen LogP contribution in [0.15, 0.2) is 58.1 Å². The van der Waals surface area contributed by atoms with Gasteiger partial charge in [-0.05, 0) is 61.6 Å². The molecule has 168 valence electrons. The molecule has 0 aliphatic heterocycles. The monoisotopic (exact) mass is 442 g/mol. The number of nitrogens with one attached hydrogen (secondary N) is 2. The fourth-order valence-corrected chi connectivity index (χ4v) is 4.67. The summed E-state index contributed by atoms with van der Waals surface area (Å²) in [6, 6.07) is 13.5. The second kappa shape index (κ2) is 8.81. The van der Waals surface area contributed by atoms with Crippen molar-refractivity contribution in [2.45, 2.75) is 57.0 Å². The predicted octanol–water partition coefficient (Wildman–Crippen LogP) is 5.42. The Hall–Kier alpha value is -3.09. The Bertz CT molecular complexity index is 1200. The zero-order valence-corrected chi connectivity index (χ0v) is 17.8. The normalized spacial score (nSPS) is 19.1. The Kier molecular flexibility index (Phi) is 6.09. The van der Waals surface area contributed by atoms with Gasteiger partial charge >= 0.3 is 11.9 Å². The van der Waals surface area contributed by atoms with Crippen LogP contribution in [0, 0.1) is 6.92 Å². The van der Waals surface area contributed by atoms with E-state index in [9.17, 15) is 22.8 Å². The van der Waals surface area contributed by atoms with E-state index in [2.05, 4.69) is 41.2 Å². The van der Waals surface area contributed by atoms with E-state index in [1.807, 2.05) is 0 Å². The molecule has 1 aromatic heterocycles. The summed E-state index contributed by atoms with van der Waals surface area (Å²) in [6.07, 6.45) is -0.980. The first kappa shape index (κ1) is 22.1.